The molecule has 3 N–H and O–H groups in total. The third-order valence-corrected chi connectivity index (χ3v) is 3.31. The van der Waals surface area contributed by atoms with E-state index in [0.717, 1.165) is 12.8 Å². The smallest absolute Gasteiger partial charge is 0.240 e. The summed E-state index contributed by atoms with van der Waals surface area (Å²) in [5, 5.41) is 3.28. The summed E-state index contributed by atoms with van der Waals surface area (Å²) in [6, 6.07) is 0.143. The van der Waals surface area contributed by atoms with Crippen LogP contribution < -0.4 is 11.1 Å². The number of nitrogens with two attached hydrogens (primary N) is 1. The van der Waals surface area contributed by atoms with Crippen molar-refractivity contribution in [2.75, 3.05) is 6.54 Å². The molecule has 1 rings (SSSR count). The minimum atomic E-state index is -0.500. The van der Waals surface area contributed by atoms with E-state index in [1.807, 2.05) is 27.7 Å². The van der Waals surface area contributed by atoms with E-state index < -0.39 is 5.54 Å². The SMILES string of the molecule is CC(C)NC1CCCN(C(C)(C)CC(N)=O)C1=O. The lowest BCUT2D eigenvalue weighted by molar-refractivity contribution is -0.143. The standard InChI is InChI=1S/C13H25N3O2/c1-9(2)15-10-6-5-7-16(12(10)18)13(3,4)8-11(14)17/h9-10,15H,5-8H2,1-4H3,(H2,14,17). The molecule has 1 saturated heterocycles. The summed E-state index contributed by atoms with van der Waals surface area (Å²) in [4.78, 5) is 25.3. The molecule has 0 aromatic rings. The summed E-state index contributed by atoms with van der Waals surface area (Å²) in [6.45, 7) is 8.55. The Morgan fingerprint density at radius 3 is 2.67 bits per heavy atom. The number of piperidine rings is 1. The summed E-state index contributed by atoms with van der Waals surface area (Å²) in [5.74, 6) is -0.284. The Hall–Kier alpha value is -1.10. The molecule has 2 amide bonds. The van der Waals surface area contributed by atoms with Crippen molar-refractivity contribution < 1.29 is 9.59 Å². The summed E-state index contributed by atoms with van der Waals surface area (Å²) in [6.07, 6.45) is 2.02. The number of carbonyl (C=O) groups excluding carboxylic acids is 2. The van der Waals surface area contributed by atoms with Crippen molar-refractivity contribution >= 4 is 11.8 Å². The summed E-state index contributed by atoms with van der Waals surface area (Å²) >= 11 is 0. The first-order chi connectivity index (χ1) is 8.24. The Labute approximate surface area is 109 Å². The van der Waals surface area contributed by atoms with Gasteiger partial charge in [-0.3, -0.25) is 9.59 Å². The molecule has 1 aliphatic rings. The quantitative estimate of drug-likeness (QED) is 0.756. The third-order valence-electron chi connectivity index (χ3n) is 3.31. The number of primary amides is 1. The molecule has 0 aromatic heterocycles. The maximum atomic E-state index is 12.4. The number of hydrogen-bond donors (Lipinski definition) is 2. The van der Waals surface area contributed by atoms with Gasteiger partial charge in [0.2, 0.25) is 11.8 Å². The van der Waals surface area contributed by atoms with Crippen molar-refractivity contribution in [2.45, 2.75) is 64.6 Å². The fourth-order valence-corrected chi connectivity index (χ4v) is 2.56. The number of hydrogen-bond acceptors (Lipinski definition) is 3. The summed E-state index contributed by atoms with van der Waals surface area (Å²) < 4.78 is 0. The van der Waals surface area contributed by atoms with Gasteiger partial charge in [0.1, 0.15) is 0 Å². The van der Waals surface area contributed by atoms with Crippen LogP contribution in [-0.2, 0) is 9.59 Å². The van der Waals surface area contributed by atoms with Crippen LogP contribution in [0.5, 0.6) is 0 Å². The highest BCUT2D eigenvalue weighted by atomic mass is 16.2. The molecule has 104 valence electrons. The normalized spacial score (nSPS) is 21.5. The molecule has 1 unspecified atom stereocenters. The fraction of sp³-hybridized carbons (Fsp3) is 0.846. The molecule has 1 aliphatic heterocycles. The molecule has 0 spiro atoms. The molecule has 0 saturated carbocycles. The second kappa shape index (κ2) is 5.69. The van der Waals surface area contributed by atoms with Crippen LogP contribution >= 0.6 is 0 Å². The molecule has 5 nitrogen and oxygen atoms in total. The van der Waals surface area contributed by atoms with Crippen molar-refractivity contribution in [1.82, 2.24) is 10.2 Å². The van der Waals surface area contributed by atoms with E-state index in [0.29, 0.717) is 6.54 Å². The highest BCUT2D eigenvalue weighted by molar-refractivity contribution is 5.84. The zero-order chi connectivity index (χ0) is 13.9. The number of rotatable bonds is 5. The van der Waals surface area contributed by atoms with Gasteiger partial charge in [0.25, 0.3) is 0 Å². The van der Waals surface area contributed by atoms with Gasteiger partial charge in [0, 0.05) is 24.5 Å². The minimum Gasteiger partial charge on any atom is -0.370 e. The van der Waals surface area contributed by atoms with Crippen molar-refractivity contribution in [3.05, 3.63) is 0 Å². The van der Waals surface area contributed by atoms with Crippen LogP contribution in [0.3, 0.4) is 0 Å². The van der Waals surface area contributed by atoms with E-state index >= 15 is 0 Å². The van der Waals surface area contributed by atoms with Crippen LogP contribution in [0.15, 0.2) is 0 Å². The molecule has 0 radical (unpaired) electrons. The minimum absolute atomic E-state index is 0.0844. The van der Waals surface area contributed by atoms with E-state index in [9.17, 15) is 9.59 Å². The van der Waals surface area contributed by atoms with Gasteiger partial charge in [-0.05, 0) is 26.7 Å². The summed E-state index contributed by atoms with van der Waals surface area (Å²) in [7, 11) is 0. The lowest BCUT2D eigenvalue weighted by Crippen LogP contribution is -2.59. The van der Waals surface area contributed by atoms with E-state index in [1.165, 1.54) is 0 Å². The molecule has 0 aromatic carbocycles. The number of amides is 2. The maximum Gasteiger partial charge on any atom is 0.240 e. The lowest BCUT2D eigenvalue weighted by Gasteiger charge is -2.43. The first kappa shape index (κ1) is 15.0. The first-order valence-corrected chi connectivity index (χ1v) is 6.60. The van der Waals surface area contributed by atoms with Gasteiger partial charge in [-0.1, -0.05) is 13.8 Å². The largest absolute Gasteiger partial charge is 0.370 e. The van der Waals surface area contributed by atoms with Crippen molar-refractivity contribution in [3.8, 4) is 0 Å². The van der Waals surface area contributed by atoms with Gasteiger partial charge in [0.05, 0.1) is 6.04 Å². The van der Waals surface area contributed by atoms with E-state index in [1.54, 1.807) is 4.90 Å². The fourth-order valence-electron chi connectivity index (χ4n) is 2.56. The Bertz CT molecular complexity index is 326. The van der Waals surface area contributed by atoms with Gasteiger partial charge < -0.3 is 16.0 Å². The number of likely N-dealkylation sites (tertiary alicyclic amines) is 1. The highest BCUT2D eigenvalue weighted by Crippen LogP contribution is 2.24. The van der Waals surface area contributed by atoms with Crippen molar-refractivity contribution in [1.29, 1.82) is 0 Å². The van der Waals surface area contributed by atoms with Crippen molar-refractivity contribution in [2.24, 2.45) is 5.73 Å². The zero-order valence-electron chi connectivity index (χ0n) is 11.8. The topological polar surface area (TPSA) is 75.4 Å². The molecule has 18 heavy (non-hydrogen) atoms. The Balaban J connectivity index is 2.76. The monoisotopic (exact) mass is 255 g/mol. The molecule has 0 bridgehead atoms. The van der Waals surface area contributed by atoms with Crippen LogP contribution in [0.25, 0.3) is 0 Å². The van der Waals surface area contributed by atoms with Crippen LogP contribution in [0.1, 0.15) is 47.0 Å². The second-order valence-corrected chi connectivity index (χ2v) is 5.96. The predicted octanol–water partition coefficient (Wildman–Crippen LogP) is 0.629. The number of carbonyl (C=O) groups is 2. The van der Waals surface area contributed by atoms with Crippen molar-refractivity contribution in [3.63, 3.8) is 0 Å². The zero-order valence-corrected chi connectivity index (χ0v) is 11.8. The summed E-state index contributed by atoms with van der Waals surface area (Å²) in [5.41, 5.74) is 4.75. The average Bonchev–Trinajstić information content (AvgIpc) is 2.18. The average molecular weight is 255 g/mol. The molecular formula is C13H25N3O2. The lowest BCUT2D eigenvalue weighted by atomic mass is 9.92. The second-order valence-electron chi connectivity index (χ2n) is 5.96. The molecule has 1 heterocycles. The molecule has 5 heteroatoms. The van der Waals surface area contributed by atoms with Crippen LogP contribution in [0, 0.1) is 0 Å². The highest BCUT2D eigenvalue weighted by Gasteiger charge is 2.38. The Kier molecular flexibility index (Phi) is 4.73. The molecular weight excluding hydrogens is 230 g/mol. The first-order valence-electron chi connectivity index (χ1n) is 6.60. The van der Waals surface area contributed by atoms with E-state index in [4.69, 9.17) is 5.73 Å². The predicted molar refractivity (Wildman–Crippen MR) is 70.9 cm³/mol. The van der Waals surface area contributed by atoms with Crippen LogP contribution in [-0.4, -0.2) is 40.9 Å². The molecule has 0 aliphatic carbocycles. The molecule has 1 atom stereocenters. The molecule has 1 fully saturated rings. The van der Waals surface area contributed by atoms with Gasteiger partial charge in [-0.2, -0.15) is 0 Å². The van der Waals surface area contributed by atoms with Gasteiger partial charge in [0.15, 0.2) is 0 Å². The maximum absolute atomic E-state index is 12.4. The van der Waals surface area contributed by atoms with Crippen LogP contribution in [0.4, 0.5) is 0 Å². The van der Waals surface area contributed by atoms with Crippen LogP contribution in [0.2, 0.25) is 0 Å². The van der Waals surface area contributed by atoms with Gasteiger partial charge in [-0.25, -0.2) is 0 Å². The number of nitrogens with zero attached hydrogens (tertiary/aromatic N) is 1. The van der Waals surface area contributed by atoms with E-state index in [-0.39, 0.29) is 30.3 Å². The Morgan fingerprint density at radius 2 is 2.17 bits per heavy atom. The van der Waals surface area contributed by atoms with E-state index in [2.05, 4.69) is 5.32 Å². The van der Waals surface area contributed by atoms with Gasteiger partial charge in [-0.15, -0.1) is 0 Å². The third kappa shape index (κ3) is 3.70. The number of nitrogens with one attached hydrogen (secondary N) is 1. The van der Waals surface area contributed by atoms with Gasteiger partial charge >= 0.3 is 0 Å². The Morgan fingerprint density at radius 1 is 1.56 bits per heavy atom.